The SMILES string of the molecule is C=CC(=O)Oc1c(C)ccc[n+]1CCCCCCCCCC. The van der Waals surface area contributed by atoms with E-state index in [1.807, 2.05) is 29.8 Å². The number of nitrogens with zero attached hydrogens (tertiary/aromatic N) is 1. The van der Waals surface area contributed by atoms with E-state index in [2.05, 4.69) is 13.5 Å². The van der Waals surface area contributed by atoms with Crippen molar-refractivity contribution < 1.29 is 14.1 Å². The van der Waals surface area contributed by atoms with Gasteiger partial charge in [-0.25, -0.2) is 4.79 Å². The van der Waals surface area contributed by atoms with Crippen molar-refractivity contribution >= 4 is 5.97 Å². The zero-order valence-electron chi connectivity index (χ0n) is 14.1. The van der Waals surface area contributed by atoms with Crippen molar-refractivity contribution in [1.29, 1.82) is 0 Å². The Bertz CT molecular complexity index is 469. The first-order valence-corrected chi connectivity index (χ1v) is 8.52. The number of pyridine rings is 1. The molecule has 0 spiro atoms. The summed E-state index contributed by atoms with van der Waals surface area (Å²) in [5.74, 6) is 0.231. The molecule has 0 N–H and O–H groups in total. The lowest BCUT2D eigenvalue weighted by molar-refractivity contribution is -0.701. The van der Waals surface area contributed by atoms with Crippen LogP contribution >= 0.6 is 0 Å². The van der Waals surface area contributed by atoms with Crippen molar-refractivity contribution in [3.8, 4) is 5.88 Å². The zero-order chi connectivity index (χ0) is 16.2. The predicted octanol–water partition coefficient (Wildman–Crippen LogP) is 4.51. The maximum Gasteiger partial charge on any atom is 0.378 e. The lowest BCUT2D eigenvalue weighted by Gasteiger charge is -2.06. The number of ether oxygens (including phenoxy) is 1. The molecule has 0 aliphatic heterocycles. The summed E-state index contributed by atoms with van der Waals surface area (Å²) in [6, 6.07) is 3.95. The quantitative estimate of drug-likeness (QED) is 0.260. The highest BCUT2D eigenvalue weighted by Gasteiger charge is 2.17. The lowest BCUT2D eigenvalue weighted by Crippen LogP contribution is -2.37. The van der Waals surface area contributed by atoms with Crippen LogP contribution in [0.25, 0.3) is 0 Å². The molecule has 0 radical (unpaired) electrons. The number of hydrogen-bond donors (Lipinski definition) is 0. The minimum atomic E-state index is -0.404. The average molecular weight is 304 g/mol. The highest BCUT2D eigenvalue weighted by Crippen LogP contribution is 2.13. The fourth-order valence-corrected chi connectivity index (χ4v) is 2.52. The number of aromatic nitrogens is 1. The molecule has 1 rings (SSSR count). The number of esters is 1. The van der Waals surface area contributed by atoms with E-state index in [1.54, 1.807) is 0 Å². The minimum Gasteiger partial charge on any atom is -0.367 e. The smallest absolute Gasteiger partial charge is 0.367 e. The van der Waals surface area contributed by atoms with Crippen LogP contribution in [0.4, 0.5) is 0 Å². The molecule has 0 aliphatic carbocycles. The van der Waals surface area contributed by atoms with Crippen LogP contribution in [-0.4, -0.2) is 5.97 Å². The van der Waals surface area contributed by atoms with Gasteiger partial charge in [0.15, 0.2) is 12.7 Å². The van der Waals surface area contributed by atoms with E-state index in [4.69, 9.17) is 4.74 Å². The van der Waals surface area contributed by atoms with E-state index in [1.165, 1.54) is 51.0 Å². The van der Waals surface area contributed by atoms with Gasteiger partial charge in [0.2, 0.25) is 0 Å². The molecule has 0 aromatic carbocycles. The van der Waals surface area contributed by atoms with Gasteiger partial charge in [-0.05, 0) is 19.4 Å². The average Bonchev–Trinajstić information content (AvgIpc) is 2.52. The van der Waals surface area contributed by atoms with Crippen LogP contribution in [0.1, 0.15) is 63.9 Å². The van der Waals surface area contributed by atoms with E-state index in [0.29, 0.717) is 5.88 Å². The predicted molar refractivity (Wildman–Crippen MR) is 89.8 cm³/mol. The van der Waals surface area contributed by atoms with Gasteiger partial charge in [-0.2, -0.15) is 4.57 Å². The fourth-order valence-electron chi connectivity index (χ4n) is 2.52. The van der Waals surface area contributed by atoms with Crippen molar-refractivity contribution in [3.05, 3.63) is 36.5 Å². The first-order valence-electron chi connectivity index (χ1n) is 8.52. The molecule has 1 aromatic rings. The highest BCUT2D eigenvalue weighted by molar-refractivity contribution is 5.83. The standard InChI is InChI=1S/C19H30NO2/c1-4-6-7-8-9-10-11-12-15-20-16-13-14-17(3)19(20)22-18(21)5-2/h5,13-14,16H,2,4,6-12,15H2,1,3H3/q+1. The van der Waals surface area contributed by atoms with Crippen LogP contribution in [0.15, 0.2) is 31.0 Å². The molecular weight excluding hydrogens is 274 g/mol. The van der Waals surface area contributed by atoms with Crippen LogP contribution in [-0.2, 0) is 11.3 Å². The molecule has 0 saturated carbocycles. The molecule has 0 saturated heterocycles. The Kier molecular flexibility index (Phi) is 9.20. The van der Waals surface area contributed by atoms with Gasteiger partial charge < -0.3 is 4.74 Å². The molecule has 1 heterocycles. The van der Waals surface area contributed by atoms with Crippen LogP contribution in [0.5, 0.6) is 5.88 Å². The second-order valence-corrected chi connectivity index (χ2v) is 5.79. The number of hydrogen-bond acceptors (Lipinski definition) is 2. The number of carbonyl (C=O) groups excluding carboxylic acids is 1. The fraction of sp³-hybridized carbons (Fsp3) is 0.579. The monoisotopic (exact) mass is 304 g/mol. The van der Waals surface area contributed by atoms with Gasteiger partial charge in [0.05, 0.1) is 5.56 Å². The molecule has 0 fully saturated rings. The summed E-state index contributed by atoms with van der Waals surface area (Å²) in [6.07, 6.45) is 13.5. The van der Waals surface area contributed by atoms with Gasteiger partial charge in [0.25, 0.3) is 0 Å². The molecule has 0 atom stereocenters. The second-order valence-electron chi connectivity index (χ2n) is 5.79. The van der Waals surface area contributed by atoms with Crippen molar-refractivity contribution in [2.24, 2.45) is 0 Å². The Morgan fingerprint density at radius 2 is 1.82 bits per heavy atom. The van der Waals surface area contributed by atoms with Crippen molar-refractivity contribution in [1.82, 2.24) is 0 Å². The summed E-state index contributed by atoms with van der Waals surface area (Å²) in [6.45, 7) is 8.53. The lowest BCUT2D eigenvalue weighted by atomic mass is 10.1. The zero-order valence-corrected chi connectivity index (χ0v) is 14.1. The Hall–Kier alpha value is -1.64. The molecular formula is C19H30NO2+. The summed E-state index contributed by atoms with van der Waals surface area (Å²) in [4.78, 5) is 11.4. The highest BCUT2D eigenvalue weighted by atomic mass is 16.5. The molecule has 0 aliphatic rings. The van der Waals surface area contributed by atoms with E-state index in [0.717, 1.165) is 18.5 Å². The third kappa shape index (κ3) is 6.88. The van der Waals surface area contributed by atoms with Gasteiger partial charge >= 0.3 is 11.8 Å². The second kappa shape index (κ2) is 11.0. The number of rotatable bonds is 11. The van der Waals surface area contributed by atoms with Gasteiger partial charge in [0.1, 0.15) is 0 Å². The summed E-state index contributed by atoms with van der Waals surface area (Å²) < 4.78 is 7.38. The van der Waals surface area contributed by atoms with Gasteiger partial charge in [-0.15, -0.1) is 0 Å². The Balaban J connectivity index is 2.37. The number of carbonyl (C=O) groups is 1. The largest absolute Gasteiger partial charge is 0.378 e. The molecule has 0 unspecified atom stereocenters. The normalized spacial score (nSPS) is 10.5. The molecule has 3 nitrogen and oxygen atoms in total. The third-order valence-electron chi connectivity index (χ3n) is 3.83. The van der Waals surface area contributed by atoms with Crippen LogP contribution in [0, 0.1) is 6.92 Å². The Morgan fingerprint density at radius 1 is 1.18 bits per heavy atom. The summed E-state index contributed by atoms with van der Waals surface area (Å²) in [5, 5.41) is 0. The summed E-state index contributed by atoms with van der Waals surface area (Å²) in [5.41, 5.74) is 0.970. The molecule has 0 bridgehead atoms. The van der Waals surface area contributed by atoms with E-state index >= 15 is 0 Å². The molecule has 0 amide bonds. The molecule has 22 heavy (non-hydrogen) atoms. The van der Waals surface area contributed by atoms with Crippen LogP contribution in [0.2, 0.25) is 0 Å². The third-order valence-corrected chi connectivity index (χ3v) is 3.83. The van der Waals surface area contributed by atoms with E-state index < -0.39 is 5.97 Å². The maximum absolute atomic E-state index is 11.4. The number of unbranched alkanes of at least 4 members (excludes halogenated alkanes) is 7. The van der Waals surface area contributed by atoms with Gasteiger partial charge in [-0.1, -0.05) is 52.0 Å². The molecule has 122 valence electrons. The maximum atomic E-state index is 11.4. The summed E-state index contributed by atoms with van der Waals surface area (Å²) in [7, 11) is 0. The molecule has 3 heteroatoms. The van der Waals surface area contributed by atoms with Crippen molar-refractivity contribution in [3.63, 3.8) is 0 Å². The minimum absolute atomic E-state index is 0.404. The summed E-state index contributed by atoms with van der Waals surface area (Å²) >= 11 is 0. The molecule has 1 aromatic heterocycles. The topological polar surface area (TPSA) is 30.2 Å². The van der Waals surface area contributed by atoms with Gasteiger partial charge in [0, 0.05) is 18.6 Å². The number of aryl methyl sites for hydroxylation is 2. The Labute approximate surface area is 135 Å². The van der Waals surface area contributed by atoms with Crippen LogP contribution < -0.4 is 9.30 Å². The van der Waals surface area contributed by atoms with Crippen molar-refractivity contribution in [2.75, 3.05) is 0 Å². The van der Waals surface area contributed by atoms with E-state index in [-0.39, 0.29) is 0 Å². The van der Waals surface area contributed by atoms with Crippen LogP contribution in [0.3, 0.4) is 0 Å². The first-order chi connectivity index (χ1) is 10.7. The van der Waals surface area contributed by atoms with Gasteiger partial charge in [-0.3, -0.25) is 0 Å². The Morgan fingerprint density at radius 3 is 2.45 bits per heavy atom. The van der Waals surface area contributed by atoms with Crippen molar-refractivity contribution in [2.45, 2.75) is 71.8 Å². The van der Waals surface area contributed by atoms with E-state index in [9.17, 15) is 4.79 Å². The first kappa shape index (κ1) is 18.4.